The fraction of sp³-hybridized carbons (Fsp3) is 0.231. The van der Waals surface area contributed by atoms with Crippen molar-refractivity contribution in [1.29, 1.82) is 0 Å². The molecule has 4 nitrogen and oxygen atoms in total. The molecule has 1 aromatic carbocycles. The molecule has 7 heteroatoms. The van der Waals surface area contributed by atoms with Crippen molar-refractivity contribution in [1.82, 2.24) is 4.31 Å². The van der Waals surface area contributed by atoms with Crippen molar-refractivity contribution in [2.45, 2.75) is 17.3 Å². The van der Waals surface area contributed by atoms with Gasteiger partial charge < -0.3 is 5.73 Å². The lowest BCUT2D eigenvalue weighted by Crippen LogP contribution is -2.25. The molecule has 0 atom stereocenters. The van der Waals surface area contributed by atoms with E-state index in [1.54, 1.807) is 24.3 Å². The first kappa shape index (κ1) is 15.1. The Kier molecular flexibility index (Phi) is 4.54. The Morgan fingerprint density at radius 2 is 1.85 bits per heavy atom. The third-order valence-corrected chi connectivity index (χ3v) is 6.20. The number of benzene rings is 1. The van der Waals surface area contributed by atoms with Crippen LogP contribution in [0.2, 0.25) is 0 Å². The Balaban J connectivity index is 2.18. The van der Waals surface area contributed by atoms with Crippen molar-refractivity contribution in [3.63, 3.8) is 0 Å². The van der Waals surface area contributed by atoms with Gasteiger partial charge in [-0.1, -0.05) is 12.1 Å². The molecule has 0 saturated heterocycles. The highest BCUT2D eigenvalue weighted by molar-refractivity contribution is 7.91. The van der Waals surface area contributed by atoms with Gasteiger partial charge in [-0.25, -0.2) is 12.8 Å². The molecule has 0 bridgehead atoms. The van der Waals surface area contributed by atoms with E-state index in [4.69, 9.17) is 5.73 Å². The molecule has 0 unspecified atom stereocenters. The molecule has 0 radical (unpaired) electrons. The van der Waals surface area contributed by atoms with Gasteiger partial charge in [-0.3, -0.25) is 0 Å². The summed E-state index contributed by atoms with van der Waals surface area (Å²) in [6.07, 6.45) is 0. The van der Waals surface area contributed by atoms with E-state index in [0.717, 1.165) is 10.4 Å². The van der Waals surface area contributed by atoms with Gasteiger partial charge in [-0.2, -0.15) is 4.31 Å². The highest BCUT2D eigenvalue weighted by atomic mass is 32.2. The van der Waals surface area contributed by atoms with E-state index in [-0.39, 0.29) is 16.6 Å². The van der Waals surface area contributed by atoms with Crippen LogP contribution >= 0.6 is 11.3 Å². The first-order chi connectivity index (χ1) is 9.43. The van der Waals surface area contributed by atoms with Gasteiger partial charge in [0.05, 0.1) is 0 Å². The van der Waals surface area contributed by atoms with Gasteiger partial charge in [-0.15, -0.1) is 11.3 Å². The summed E-state index contributed by atoms with van der Waals surface area (Å²) in [6, 6.07) is 9.04. The molecular formula is C13H15FN2O2S2. The van der Waals surface area contributed by atoms with Crippen LogP contribution in [0, 0.1) is 5.82 Å². The highest BCUT2D eigenvalue weighted by Gasteiger charge is 2.22. The molecule has 2 N–H and O–H groups in total. The van der Waals surface area contributed by atoms with Gasteiger partial charge in [0, 0.05) is 25.0 Å². The second-order valence-corrected chi connectivity index (χ2v) is 7.75. The Hall–Kier alpha value is -1.28. The molecule has 2 rings (SSSR count). The summed E-state index contributed by atoms with van der Waals surface area (Å²) < 4.78 is 39.0. The second kappa shape index (κ2) is 6.01. The number of halogens is 1. The maximum Gasteiger partial charge on any atom is 0.252 e. The maximum atomic E-state index is 12.8. The van der Waals surface area contributed by atoms with Crippen LogP contribution in [-0.2, 0) is 23.1 Å². The van der Waals surface area contributed by atoms with E-state index in [1.807, 2.05) is 0 Å². The van der Waals surface area contributed by atoms with Gasteiger partial charge in [0.1, 0.15) is 10.0 Å². The van der Waals surface area contributed by atoms with Crippen LogP contribution in [0.15, 0.2) is 40.6 Å². The van der Waals surface area contributed by atoms with Crippen molar-refractivity contribution in [2.75, 3.05) is 7.05 Å². The van der Waals surface area contributed by atoms with E-state index in [9.17, 15) is 12.8 Å². The molecule has 0 saturated carbocycles. The molecule has 0 fully saturated rings. The summed E-state index contributed by atoms with van der Waals surface area (Å²) in [7, 11) is -2.03. The second-order valence-electron chi connectivity index (χ2n) is 4.31. The van der Waals surface area contributed by atoms with E-state index in [0.29, 0.717) is 6.54 Å². The zero-order valence-corrected chi connectivity index (χ0v) is 12.5. The van der Waals surface area contributed by atoms with Crippen LogP contribution in [-0.4, -0.2) is 19.8 Å². The van der Waals surface area contributed by atoms with Crippen molar-refractivity contribution in [3.8, 4) is 0 Å². The Bertz CT molecular complexity index is 681. The molecule has 1 aromatic heterocycles. The lowest BCUT2D eigenvalue weighted by molar-refractivity contribution is 0.468. The quantitative estimate of drug-likeness (QED) is 0.920. The van der Waals surface area contributed by atoms with E-state index < -0.39 is 10.0 Å². The van der Waals surface area contributed by atoms with E-state index >= 15 is 0 Å². The molecule has 1 heterocycles. The molecule has 0 aliphatic rings. The minimum absolute atomic E-state index is 0.193. The first-order valence-corrected chi connectivity index (χ1v) is 8.18. The summed E-state index contributed by atoms with van der Waals surface area (Å²) in [5.74, 6) is -0.342. The van der Waals surface area contributed by atoms with Crippen molar-refractivity contribution < 1.29 is 12.8 Å². The summed E-state index contributed by atoms with van der Waals surface area (Å²) in [4.78, 5) is 0.818. The number of hydrogen-bond acceptors (Lipinski definition) is 4. The number of thiophene rings is 1. The molecule has 0 amide bonds. The SMILES string of the molecule is CN(Cc1ccc(F)cc1)S(=O)(=O)c1ccc(CN)s1. The Morgan fingerprint density at radius 1 is 1.20 bits per heavy atom. The minimum atomic E-state index is -3.53. The number of hydrogen-bond donors (Lipinski definition) is 1. The predicted octanol–water partition coefficient (Wildman–Crippen LogP) is 2.17. The van der Waals surface area contributed by atoms with Gasteiger partial charge >= 0.3 is 0 Å². The van der Waals surface area contributed by atoms with Crippen LogP contribution in [0.4, 0.5) is 4.39 Å². The number of sulfonamides is 1. The Morgan fingerprint density at radius 3 is 2.40 bits per heavy atom. The topological polar surface area (TPSA) is 63.4 Å². The minimum Gasteiger partial charge on any atom is -0.326 e. The van der Waals surface area contributed by atoms with Crippen molar-refractivity contribution >= 4 is 21.4 Å². The van der Waals surface area contributed by atoms with Crippen molar-refractivity contribution in [3.05, 3.63) is 52.7 Å². The lowest BCUT2D eigenvalue weighted by atomic mass is 10.2. The molecule has 0 aliphatic carbocycles. The van der Waals surface area contributed by atoms with Crippen LogP contribution in [0.5, 0.6) is 0 Å². The predicted molar refractivity (Wildman–Crippen MR) is 77.3 cm³/mol. The summed E-state index contributed by atoms with van der Waals surface area (Å²) in [5.41, 5.74) is 6.22. The molecule has 108 valence electrons. The normalized spacial score (nSPS) is 12.0. The summed E-state index contributed by atoms with van der Waals surface area (Å²) >= 11 is 1.17. The average molecular weight is 314 g/mol. The first-order valence-electron chi connectivity index (χ1n) is 5.93. The molecule has 2 aromatic rings. The van der Waals surface area contributed by atoms with Gasteiger partial charge in [0.25, 0.3) is 10.0 Å². The molecule has 0 spiro atoms. The van der Waals surface area contributed by atoms with E-state index in [1.165, 1.54) is 34.8 Å². The number of nitrogens with two attached hydrogens (primary N) is 1. The summed E-state index contributed by atoms with van der Waals surface area (Å²) in [6.45, 7) is 0.514. The summed E-state index contributed by atoms with van der Waals surface area (Å²) in [5, 5.41) is 0. The molecular weight excluding hydrogens is 299 g/mol. The van der Waals surface area contributed by atoms with E-state index in [2.05, 4.69) is 0 Å². The number of rotatable bonds is 5. The average Bonchev–Trinajstić information content (AvgIpc) is 2.90. The third-order valence-electron chi connectivity index (χ3n) is 2.82. The highest BCUT2D eigenvalue weighted by Crippen LogP contribution is 2.24. The third kappa shape index (κ3) is 3.24. The smallest absolute Gasteiger partial charge is 0.252 e. The zero-order valence-electron chi connectivity index (χ0n) is 10.9. The van der Waals surface area contributed by atoms with Gasteiger partial charge in [0.15, 0.2) is 0 Å². The largest absolute Gasteiger partial charge is 0.326 e. The standard InChI is InChI=1S/C13H15FN2O2S2/c1-16(9-10-2-4-11(14)5-3-10)20(17,18)13-7-6-12(8-15)19-13/h2-7H,8-9,15H2,1H3. The monoisotopic (exact) mass is 314 g/mol. The van der Waals surface area contributed by atoms with Crippen LogP contribution < -0.4 is 5.73 Å². The van der Waals surface area contributed by atoms with Crippen molar-refractivity contribution in [2.24, 2.45) is 5.73 Å². The van der Waals surface area contributed by atoms with Crippen LogP contribution in [0.25, 0.3) is 0 Å². The van der Waals surface area contributed by atoms with Gasteiger partial charge in [0.2, 0.25) is 0 Å². The fourth-order valence-electron chi connectivity index (χ4n) is 1.69. The number of nitrogens with zero attached hydrogens (tertiary/aromatic N) is 1. The Labute approximate surface area is 121 Å². The zero-order chi connectivity index (χ0) is 14.8. The van der Waals surface area contributed by atoms with Crippen LogP contribution in [0.1, 0.15) is 10.4 Å². The van der Waals surface area contributed by atoms with Gasteiger partial charge in [-0.05, 0) is 29.8 Å². The molecule has 20 heavy (non-hydrogen) atoms. The maximum absolute atomic E-state index is 12.8. The lowest BCUT2D eigenvalue weighted by Gasteiger charge is -2.16. The van der Waals surface area contributed by atoms with Crippen LogP contribution in [0.3, 0.4) is 0 Å². The molecule has 0 aliphatic heterocycles. The fourth-order valence-corrected chi connectivity index (χ4v) is 4.30.